The van der Waals surface area contributed by atoms with Crippen LogP contribution < -0.4 is 5.73 Å². The summed E-state index contributed by atoms with van der Waals surface area (Å²) in [6, 6.07) is 7.85. The molecule has 1 unspecified atom stereocenters. The summed E-state index contributed by atoms with van der Waals surface area (Å²) in [7, 11) is -2.84. The molecule has 0 amide bonds. The Labute approximate surface area is 126 Å². The lowest BCUT2D eigenvalue weighted by Gasteiger charge is -2.15. The Bertz CT molecular complexity index is 442. The Morgan fingerprint density at radius 2 is 1.95 bits per heavy atom. The fraction of sp³-hybridized carbons (Fsp3) is 0.571. The van der Waals surface area contributed by atoms with Crippen LogP contribution in [0.15, 0.2) is 29.2 Å². The summed E-state index contributed by atoms with van der Waals surface area (Å²) >= 11 is 1.74. The lowest BCUT2D eigenvalue weighted by molar-refractivity contribution is 0.210. The van der Waals surface area contributed by atoms with Gasteiger partial charge in [-0.3, -0.25) is 4.57 Å². The molecule has 0 radical (unpaired) electrons. The summed E-state index contributed by atoms with van der Waals surface area (Å²) in [5, 5.41) is 0. The van der Waals surface area contributed by atoms with Crippen molar-refractivity contribution in [3.63, 3.8) is 0 Å². The second-order valence-electron chi connectivity index (χ2n) is 4.27. The summed E-state index contributed by atoms with van der Waals surface area (Å²) in [6.07, 6.45) is 2.29. The van der Waals surface area contributed by atoms with E-state index < -0.39 is 7.60 Å². The third-order valence-corrected chi connectivity index (χ3v) is 5.89. The van der Waals surface area contributed by atoms with E-state index >= 15 is 0 Å². The summed E-state index contributed by atoms with van der Waals surface area (Å²) in [5.41, 5.74) is 6.69. The van der Waals surface area contributed by atoms with E-state index in [-0.39, 0.29) is 0 Å². The number of benzene rings is 1. The zero-order chi connectivity index (χ0) is 14.8. The number of nitrogen functional groups attached to an aromatic ring is 1. The van der Waals surface area contributed by atoms with Crippen LogP contribution in [0.5, 0.6) is 0 Å². The normalized spacial score (nSPS) is 14.1. The average Bonchev–Trinajstić information content (AvgIpc) is 2.45. The van der Waals surface area contributed by atoms with Gasteiger partial charge in [0.25, 0.3) is 0 Å². The molecule has 114 valence electrons. The lowest BCUT2D eigenvalue weighted by Crippen LogP contribution is -2.00. The Morgan fingerprint density at radius 3 is 2.60 bits per heavy atom. The fourth-order valence-electron chi connectivity index (χ4n) is 1.62. The van der Waals surface area contributed by atoms with Crippen LogP contribution in [0, 0.1) is 0 Å². The van der Waals surface area contributed by atoms with Gasteiger partial charge in [-0.15, -0.1) is 11.8 Å². The molecule has 1 aromatic rings. The first-order valence-electron chi connectivity index (χ1n) is 6.96. The third kappa shape index (κ3) is 6.31. The summed E-state index contributed by atoms with van der Waals surface area (Å²) in [4.78, 5) is 1.11. The minimum Gasteiger partial charge on any atom is -0.398 e. The Kier molecular flexibility index (Phi) is 8.31. The third-order valence-electron chi connectivity index (χ3n) is 2.72. The minimum atomic E-state index is -2.84. The molecule has 6 heteroatoms. The van der Waals surface area contributed by atoms with Crippen molar-refractivity contribution in [2.45, 2.75) is 31.6 Å². The van der Waals surface area contributed by atoms with Gasteiger partial charge in [0.2, 0.25) is 0 Å². The number of nitrogens with two attached hydrogens (primary N) is 1. The van der Waals surface area contributed by atoms with Gasteiger partial charge in [-0.05, 0) is 37.7 Å². The van der Waals surface area contributed by atoms with Gasteiger partial charge in [0, 0.05) is 16.7 Å². The molecule has 2 N–H and O–H groups in total. The monoisotopic (exact) mass is 317 g/mol. The van der Waals surface area contributed by atoms with Gasteiger partial charge in [-0.2, -0.15) is 0 Å². The molecule has 0 heterocycles. The van der Waals surface area contributed by atoms with Gasteiger partial charge in [0.1, 0.15) is 0 Å². The first-order chi connectivity index (χ1) is 9.61. The van der Waals surface area contributed by atoms with Crippen molar-refractivity contribution in [1.29, 1.82) is 0 Å². The SMILES string of the molecule is CCOP(=O)(CC)OCCCCSc1ccccc1N. The van der Waals surface area contributed by atoms with Crippen molar-refractivity contribution in [2.24, 2.45) is 0 Å². The minimum absolute atomic E-state index is 0.425. The molecule has 0 fully saturated rings. The van der Waals surface area contributed by atoms with Crippen molar-refractivity contribution < 1.29 is 13.6 Å². The van der Waals surface area contributed by atoms with Crippen LogP contribution in [0.2, 0.25) is 0 Å². The van der Waals surface area contributed by atoms with Gasteiger partial charge in [-0.1, -0.05) is 19.1 Å². The number of para-hydroxylation sites is 1. The number of hydrogen-bond donors (Lipinski definition) is 1. The highest BCUT2D eigenvalue weighted by atomic mass is 32.2. The highest BCUT2D eigenvalue weighted by molar-refractivity contribution is 7.99. The number of hydrogen-bond acceptors (Lipinski definition) is 5. The molecule has 0 aliphatic heterocycles. The molecule has 20 heavy (non-hydrogen) atoms. The van der Waals surface area contributed by atoms with E-state index in [4.69, 9.17) is 14.8 Å². The molecule has 0 aliphatic carbocycles. The molecule has 0 bridgehead atoms. The largest absolute Gasteiger partial charge is 0.398 e. The first-order valence-corrected chi connectivity index (χ1v) is 9.68. The van der Waals surface area contributed by atoms with Crippen LogP contribution in [0.4, 0.5) is 5.69 Å². The summed E-state index contributed by atoms with van der Waals surface area (Å²) in [5.74, 6) is 0.975. The molecule has 0 spiro atoms. The van der Waals surface area contributed by atoms with E-state index in [1.54, 1.807) is 11.8 Å². The molecule has 0 aromatic heterocycles. The molecule has 0 aliphatic rings. The van der Waals surface area contributed by atoms with E-state index in [1.807, 2.05) is 38.1 Å². The van der Waals surface area contributed by atoms with Gasteiger partial charge in [0.05, 0.1) is 13.2 Å². The molecule has 1 aromatic carbocycles. The maximum Gasteiger partial charge on any atom is 0.330 e. The van der Waals surface area contributed by atoms with Crippen LogP contribution >= 0.6 is 19.4 Å². The van der Waals surface area contributed by atoms with Crippen molar-refractivity contribution in [3.05, 3.63) is 24.3 Å². The van der Waals surface area contributed by atoms with Crippen LogP contribution in [0.3, 0.4) is 0 Å². The smallest absolute Gasteiger partial charge is 0.330 e. The Morgan fingerprint density at radius 1 is 1.20 bits per heavy atom. The van der Waals surface area contributed by atoms with Crippen LogP contribution in [0.1, 0.15) is 26.7 Å². The molecular weight excluding hydrogens is 293 g/mol. The maximum absolute atomic E-state index is 12.0. The summed E-state index contributed by atoms with van der Waals surface area (Å²) < 4.78 is 22.6. The standard InChI is InChI=1S/C14H24NO3PS/c1-3-17-19(16,4-2)18-11-7-8-12-20-14-10-6-5-9-13(14)15/h5-6,9-10H,3-4,7-8,11-12,15H2,1-2H3. The van der Waals surface area contributed by atoms with Crippen LogP contribution in [0.25, 0.3) is 0 Å². The van der Waals surface area contributed by atoms with Crippen molar-refractivity contribution in [1.82, 2.24) is 0 Å². The molecular formula is C14H24NO3PS. The zero-order valence-corrected chi connectivity index (χ0v) is 13.9. The molecule has 0 saturated carbocycles. The predicted octanol–water partition coefficient (Wildman–Crippen LogP) is 4.41. The van der Waals surface area contributed by atoms with Crippen LogP contribution in [-0.2, 0) is 13.6 Å². The second-order valence-corrected chi connectivity index (χ2v) is 7.78. The van der Waals surface area contributed by atoms with Gasteiger partial charge >= 0.3 is 7.60 Å². The molecule has 4 nitrogen and oxygen atoms in total. The van der Waals surface area contributed by atoms with Crippen LogP contribution in [-0.4, -0.2) is 25.1 Å². The van der Waals surface area contributed by atoms with Gasteiger partial charge in [-0.25, -0.2) is 0 Å². The highest BCUT2D eigenvalue weighted by Crippen LogP contribution is 2.47. The second kappa shape index (κ2) is 9.46. The quantitative estimate of drug-likeness (QED) is 0.300. The van der Waals surface area contributed by atoms with E-state index in [1.165, 1.54) is 0 Å². The maximum atomic E-state index is 12.0. The molecule has 1 rings (SSSR count). The van der Waals surface area contributed by atoms with E-state index in [9.17, 15) is 4.57 Å². The first kappa shape index (κ1) is 17.6. The van der Waals surface area contributed by atoms with Gasteiger partial charge < -0.3 is 14.8 Å². The van der Waals surface area contributed by atoms with E-state index in [0.29, 0.717) is 19.4 Å². The van der Waals surface area contributed by atoms with Crippen molar-refractivity contribution >= 4 is 25.0 Å². The zero-order valence-electron chi connectivity index (χ0n) is 12.2. The summed E-state index contributed by atoms with van der Waals surface area (Å²) in [6.45, 7) is 4.56. The van der Waals surface area contributed by atoms with Crippen molar-refractivity contribution in [2.75, 3.05) is 30.9 Å². The lowest BCUT2D eigenvalue weighted by atomic mass is 10.3. The van der Waals surface area contributed by atoms with Crippen molar-refractivity contribution in [3.8, 4) is 0 Å². The highest BCUT2D eigenvalue weighted by Gasteiger charge is 2.20. The number of anilines is 1. The Hall–Kier alpha value is -0.480. The number of thioether (sulfide) groups is 1. The van der Waals surface area contributed by atoms with Gasteiger partial charge in [0.15, 0.2) is 0 Å². The fourth-order valence-corrected chi connectivity index (χ4v) is 3.84. The number of rotatable bonds is 10. The number of unbranched alkanes of at least 4 members (excludes halogenated alkanes) is 1. The Balaban J connectivity index is 2.17. The molecule has 0 saturated heterocycles. The van der Waals surface area contributed by atoms with E-state index in [0.717, 1.165) is 29.2 Å². The molecule has 1 atom stereocenters. The van der Waals surface area contributed by atoms with E-state index in [2.05, 4.69) is 0 Å². The topological polar surface area (TPSA) is 61.5 Å². The average molecular weight is 317 g/mol. The predicted molar refractivity (Wildman–Crippen MR) is 86.5 cm³/mol.